The quantitative estimate of drug-likeness (QED) is 0.627. The first-order chi connectivity index (χ1) is 12.3. The van der Waals surface area contributed by atoms with Crippen LogP contribution in [0.5, 0.6) is 0 Å². The van der Waals surface area contributed by atoms with Crippen LogP contribution < -0.4 is 15.5 Å². The Kier molecular flexibility index (Phi) is 6.14. The largest absolute Gasteiger partial charge is 0.369 e. The summed E-state index contributed by atoms with van der Waals surface area (Å²) in [6, 6.07) is 10.8. The molecule has 2 heterocycles. The molecule has 1 atom stereocenters. The Balaban J connectivity index is 1.53. The van der Waals surface area contributed by atoms with E-state index < -0.39 is 0 Å². The predicted molar refractivity (Wildman–Crippen MR) is 102 cm³/mol. The minimum absolute atomic E-state index is 0.132. The number of nitrogens with one attached hydrogen (secondary N) is 2. The topological polar surface area (TPSA) is 60.0 Å². The number of anilines is 1. The number of carbonyl (C=O) groups is 1. The summed E-state index contributed by atoms with van der Waals surface area (Å²) < 4.78 is 0. The number of aliphatic imine (C=N–C) groups is 1. The second-order valence-electron chi connectivity index (χ2n) is 6.69. The van der Waals surface area contributed by atoms with Gasteiger partial charge in [-0.2, -0.15) is 0 Å². The molecule has 1 aromatic carbocycles. The van der Waals surface area contributed by atoms with Gasteiger partial charge in [0.25, 0.3) is 0 Å². The molecule has 1 amide bonds. The average molecular weight is 343 g/mol. The summed E-state index contributed by atoms with van der Waals surface area (Å²) in [6.07, 6.45) is 3.30. The van der Waals surface area contributed by atoms with E-state index in [-0.39, 0.29) is 12.5 Å². The number of hydrogen-bond acceptors (Lipinski definition) is 3. The molecular weight excluding hydrogens is 314 g/mol. The standard InChI is InChI=1S/C19H29N5O/c1-2-20-19(21-14-18(25)23-11-6-7-12-23)22-16-10-13-24(15-16)17-8-4-3-5-9-17/h3-5,8-9,16H,2,6-7,10-15H2,1H3,(H2,20,21,22). The Labute approximate surface area is 150 Å². The van der Waals surface area contributed by atoms with Gasteiger partial charge < -0.3 is 20.4 Å². The smallest absolute Gasteiger partial charge is 0.244 e. The Morgan fingerprint density at radius 2 is 1.96 bits per heavy atom. The molecule has 0 aliphatic carbocycles. The number of amides is 1. The van der Waals surface area contributed by atoms with Gasteiger partial charge in [0.2, 0.25) is 5.91 Å². The third-order valence-electron chi connectivity index (χ3n) is 4.83. The second kappa shape index (κ2) is 8.74. The SMILES string of the molecule is CCNC(=NCC(=O)N1CCCC1)NC1CCN(c2ccccc2)C1. The van der Waals surface area contributed by atoms with E-state index in [1.54, 1.807) is 0 Å². The second-order valence-corrected chi connectivity index (χ2v) is 6.69. The molecule has 0 spiro atoms. The number of carbonyl (C=O) groups excluding carboxylic acids is 1. The summed E-state index contributed by atoms with van der Waals surface area (Å²) in [6.45, 7) is 6.82. The molecule has 0 radical (unpaired) electrons. The molecule has 1 unspecified atom stereocenters. The van der Waals surface area contributed by atoms with Crippen LogP contribution in [0.25, 0.3) is 0 Å². The normalized spacial score (nSPS) is 20.8. The summed E-state index contributed by atoms with van der Waals surface area (Å²) >= 11 is 0. The highest BCUT2D eigenvalue weighted by atomic mass is 16.2. The van der Waals surface area contributed by atoms with Crippen LogP contribution >= 0.6 is 0 Å². The Hall–Kier alpha value is -2.24. The molecule has 6 heteroatoms. The minimum atomic E-state index is 0.132. The maximum atomic E-state index is 12.2. The Bertz CT molecular complexity index is 583. The van der Waals surface area contributed by atoms with E-state index in [0.717, 1.165) is 57.9 Å². The first-order valence-corrected chi connectivity index (χ1v) is 9.39. The van der Waals surface area contributed by atoms with E-state index in [1.165, 1.54) is 5.69 Å². The number of benzene rings is 1. The monoisotopic (exact) mass is 343 g/mol. The lowest BCUT2D eigenvalue weighted by molar-refractivity contribution is -0.128. The number of likely N-dealkylation sites (tertiary alicyclic amines) is 1. The fourth-order valence-electron chi connectivity index (χ4n) is 3.48. The zero-order chi connectivity index (χ0) is 17.5. The van der Waals surface area contributed by atoms with Crippen molar-refractivity contribution in [3.63, 3.8) is 0 Å². The van der Waals surface area contributed by atoms with Crippen LogP contribution in [-0.2, 0) is 4.79 Å². The summed E-state index contributed by atoms with van der Waals surface area (Å²) in [5, 5.41) is 6.75. The van der Waals surface area contributed by atoms with Gasteiger partial charge >= 0.3 is 0 Å². The molecule has 0 saturated carbocycles. The van der Waals surface area contributed by atoms with Crippen molar-refractivity contribution in [2.24, 2.45) is 4.99 Å². The van der Waals surface area contributed by atoms with Gasteiger partial charge in [0.1, 0.15) is 6.54 Å². The van der Waals surface area contributed by atoms with Gasteiger partial charge in [0.05, 0.1) is 0 Å². The molecule has 136 valence electrons. The molecule has 2 N–H and O–H groups in total. The van der Waals surface area contributed by atoms with E-state index >= 15 is 0 Å². The zero-order valence-corrected chi connectivity index (χ0v) is 15.1. The average Bonchev–Trinajstić information content (AvgIpc) is 3.32. The zero-order valence-electron chi connectivity index (χ0n) is 15.1. The first-order valence-electron chi connectivity index (χ1n) is 9.39. The van der Waals surface area contributed by atoms with E-state index in [0.29, 0.717) is 6.04 Å². The van der Waals surface area contributed by atoms with E-state index in [9.17, 15) is 4.79 Å². The van der Waals surface area contributed by atoms with Gasteiger partial charge in [-0.3, -0.25) is 4.79 Å². The number of para-hydroxylation sites is 1. The van der Waals surface area contributed by atoms with E-state index in [2.05, 4.69) is 44.8 Å². The van der Waals surface area contributed by atoms with Crippen LogP contribution in [0.4, 0.5) is 5.69 Å². The van der Waals surface area contributed by atoms with Crippen LogP contribution in [0.3, 0.4) is 0 Å². The molecular formula is C19H29N5O. The predicted octanol–water partition coefficient (Wildman–Crippen LogP) is 1.44. The van der Waals surface area contributed by atoms with Gasteiger partial charge in [-0.05, 0) is 38.3 Å². The van der Waals surface area contributed by atoms with Crippen molar-refractivity contribution in [2.45, 2.75) is 32.2 Å². The van der Waals surface area contributed by atoms with Crippen molar-refractivity contribution in [3.05, 3.63) is 30.3 Å². The fraction of sp³-hybridized carbons (Fsp3) is 0.579. The number of nitrogens with zero attached hydrogens (tertiary/aromatic N) is 3. The first kappa shape index (κ1) is 17.6. The Morgan fingerprint density at radius 3 is 2.68 bits per heavy atom. The molecule has 0 bridgehead atoms. The molecule has 3 rings (SSSR count). The van der Waals surface area contributed by atoms with Crippen molar-refractivity contribution < 1.29 is 4.79 Å². The van der Waals surface area contributed by atoms with Crippen LogP contribution in [0.15, 0.2) is 35.3 Å². The van der Waals surface area contributed by atoms with Gasteiger partial charge in [-0.15, -0.1) is 0 Å². The van der Waals surface area contributed by atoms with Crippen LogP contribution in [0, 0.1) is 0 Å². The van der Waals surface area contributed by atoms with Crippen molar-refractivity contribution in [1.82, 2.24) is 15.5 Å². The van der Waals surface area contributed by atoms with Crippen LogP contribution in [0.2, 0.25) is 0 Å². The van der Waals surface area contributed by atoms with Gasteiger partial charge in [0, 0.05) is 44.5 Å². The third kappa shape index (κ3) is 4.87. The summed E-state index contributed by atoms with van der Waals surface area (Å²) in [5.41, 5.74) is 1.26. The summed E-state index contributed by atoms with van der Waals surface area (Å²) in [7, 11) is 0. The molecule has 2 saturated heterocycles. The third-order valence-corrected chi connectivity index (χ3v) is 4.83. The van der Waals surface area contributed by atoms with E-state index in [1.807, 2.05) is 17.9 Å². The number of guanidine groups is 1. The molecule has 6 nitrogen and oxygen atoms in total. The fourth-order valence-corrected chi connectivity index (χ4v) is 3.48. The van der Waals surface area contributed by atoms with Crippen molar-refractivity contribution in [3.8, 4) is 0 Å². The molecule has 25 heavy (non-hydrogen) atoms. The lowest BCUT2D eigenvalue weighted by Crippen LogP contribution is -2.45. The van der Waals surface area contributed by atoms with Crippen LogP contribution in [0.1, 0.15) is 26.2 Å². The van der Waals surface area contributed by atoms with Gasteiger partial charge in [-0.25, -0.2) is 4.99 Å². The highest BCUT2D eigenvalue weighted by Crippen LogP contribution is 2.19. The number of hydrogen-bond donors (Lipinski definition) is 2. The Morgan fingerprint density at radius 1 is 1.20 bits per heavy atom. The lowest BCUT2D eigenvalue weighted by atomic mass is 10.3. The van der Waals surface area contributed by atoms with Gasteiger partial charge in [-0.1, -0.05) is 18.2 Å². The molecule has 2 fully saturated rings. The maximum absolute atomic E-state index is 12.2. The maximum Gasteiger partial charge on any atom is 0.244 e. The highest BCUT2D eigenvalue weighted by molar-refractivity contribution is 5.85. The molecule has 2 aliphatic rings. The molecule has 1 aromatic rings. The van der Waals surface area contributed by atoms with Crippen molar-refractivity contribution >= 4 is 17.6 Å². The summed E-state index contributed by atoms with van der Waals surface area (Å²) in [5.74, 6) is 0.877. The molecule has 2 aliphatic heterocycles. The number of rotatable bonds is 5. The van der Waals surface area contributed by atoms with E-state index in [4.69, 9.17) is 0 Å². The minimum Gasteiger partial charge on any atom is -0.369 e. The van der Waals surface area contributed by atoms with Crippen LogP contribution in [-0.4, -0.2) is 62.1 Å². The summed E-state index contributed by atoms with van der Waals surface area (Å²) in [4.78, 5) is 21.0. The van der Waals surface area contributed by atoms with Crippen molar-refractivity contribution in [2.75, 3.05) is 44.2 Å². The van der Waals surface area contributed by atoms with Gasteiger partial charge in [0.15, 0.2) is 5.96 Å². The molecule has 0 aromatic heterocycles. The van der Waals surface area contributed by atoms with Crippen molar-refractivity contribution in [1.29, 1.82) is 0 Å². The highest BCUT2D eigenvalue weighted by Gasteiger charge is 2.23. The lowest BCUT2D eigenvalue weighted by Gasteiger charge is -2.20.